The first-order chi connectivity index (χ1) is 13.9. The Kier molecular flexibility index (Phi) is 5.73. The zero-order valence-electron chi connectivity index (χ0n) is 15.8. The van der Waals surface area contributed by atoms with E-state index in [0.29, 0.717) is 22.2 Å². The fourth-order valence-electron chi connectivity index (χ4n) is 2.68. The predicted octanol–water partition coefficient (Wildman–Crippen LogP) is 2.61. The number of benzene rings is 2. The molecular formula is C21H19N3O5. The zero-order valence-corrected chi connectivity index (χ0v) is 15.8. The lowest BCUT2D eigenvalue weighted by atomic mass is 10.0. The topological polar surface area (TPSA) is 118 Å². The number of nitrogens with zero attached hydrogens (tertiary/aromatic N) is 1. The Bertz CT molecular complexity index is 1080. The Hall–Kier alpha value is -3.94. The highest BCUT2D eigenvalue weighted by atomic mass is 16.5. The molecule has 0 unspecified atom stereocenters. The molecule has 0 saturated heterocycles. The summed E-state index contributed by atoms with van der Waals surface area (Å²) in [5.74, 6) is -1.34. The lowest BCUT2D eigenvalue weighted by Crippen LogP contribution is -2.43. The van der Waals surface area contributed by atoms with Crippen LogP contribution in [0.2, 0.25) is 0 Å². The SMILES string of the molecule is CNC(=O)NC(=O)[C@H](C)OC(=O)c1cc(-c2ccc(O)cc2)nc2ccccc12. The number of nitrogens with one attached hydrogen (secondary N) is 2. The molecule has 2 aromatic carbocycles. The summed E-state index contributed by atoms with van der Waals surface area (Å²) in [5.41, 5.74) is 2.02. The Morgan fingerprint density at radius 1 is 1.07 bits per heavy atom. The average Bonchev–Trinajstić information content (AvgIpc) is 2.73. The molecule has 3 amide bonds. The minimum atomic E-state index is -1.18. The summed E-state index contributed by atoms with van der Waals surface area (Å²) in [4.78, 5) is 40.6. The molecule has 0 bridgehead atoms. The van der Waals surface area contributed by atoms with Crippen molar-refractivity contribution in [2.45, 2.75) is 13.0 Å². The quantitative estimate of drug-likeness (QED) is 0.587. The van der Waals surface area contributed by atoms with Crippen molar-refractivity contribution in [1.82, 2.24) is 15.6 Å². The second kappa shape index (κ2) is 8.39. The summed E-state index contributed by atoms with van der Waals surface area (Å²) >= 11 is 0. The summed E-state index contributed by atoms with van der Waals surface area (Å²) < 4.78 is 5.26. The number of rotatable bonds is 4. The van der Waals surface area contributed by atoms with Crippen LogP contribution in [0.25, 0.3) is 22.2 Å². The van der Waals surface area contributed by atoms with E-state index in [9.17, 15) is 19.5 Å². The van der Waals surface area contributed by atoms with Gasteiger partial charge in [0, 0.05) is 18.0 Å². The molecular weight excluding hydrogens is 374 g/mol. The van der Waals surface area contributed by atoms with E-state index in [0.717, 1.165) is 0 Å². The van der Waals surface area contributed by atoms with E-state index in [2.05, 4.69) is 15.6 Å². The number of esters is 1. The van der Waals surface area contributed by atoms with Crippen LogP contribution in [0, 0.1) is 0 Å². The molecule has 1 atom stereocenters. The summed E-state index contributed by atoms with van der Waals surface area (Å²) in [6.07, 6.45) is -1.18. The van der Waals surface area contributed by atoms with Crippen LogP contribution in [-0.2, 0) is 9.53 Å². The largest absolute Gasteiger partial charge is 0.508 e. The molecule has 0 spiro atoms. The van der Waals surface area contributed by atoms with Crippen molar-refractivity contribution in [2.75, 3.05) is 7.05 Å². The second-order valence-electron chi connectivity index (χ2n) is 6.23. The van der Waals surface area contributed by atoms with Gasteiger partial charge >= 0.3 is 12.0 Å². The van der Waals surface area contributed by atoms with Gasteiger partial charge in [-0.1, -0.05) is 18.2 Å². The third kappa shape index (κ3) is 4.49. The Balaban J connectivity index is 1.95. The monoisotopic (exact) mass is 393 g/mol. The number of phenols is 1. The van der Waals surface area contributed by atoms with Crippen molar-refractivity contribution in [3.05, 3.63) is 60.2 Å². The van der Waals surface area contributed by atoms with Gasteiger partial charge in [0.2, 0.25) is 0 Å². The number of imide groups is 1. The van der Waals surface area contributed by atoms with Gasteiger partial charge < -0.3 is 15.2 Å². The number of carbonyl (C=O) groups is 3. The van der Waals surface area contributed by atoms with Gasteiger partial charge in [0.05, 0.1) is 16.8 Å². The van der Waals surface area contributed by atoms with Gasteiger partial charge in [-0.15, -0.1) is 0 Å². The Morgan fingerprint density at radius 3 is 2.45 bits per heavy atom. The van der Waals surface area contributed by atoms with E-state index in [-0.39, 0.29) is 11.3 Å². The molecule has 3 N–H and O–H groups in total. The summed E-state index contributed by atoms with van der Waals surface area (Å²) in [6, 6.07) is 14.3. The fraction of sp³-hybridized carbons (Fsp3) is 0.143. The van der Waals surface area contributed by atoms with Crippen molar-refractivity contribution in [1.29, 1.82) is 0 Å². The van der Waals surface area contributed by atoms with Gasteiger partial charge in [-0.3, -0.25) is 10.1 Å². The van der Waals surface area contributed by atoms with Crippen LogP contribution < -0.4 is 10.6 Å². The number of ether oxygens (including phenoxy) is 1. The molecule has 0 fully saturated rings. The molecule has 3 rings (SSSR count). The number of amides is 3. The molecule has 0 saturated carbocycles. The molecule has 8 heteroatoms. The second-order valence-corrected chi connectivity index (χ2v) is 6.23. The highest BCUT2D eigenvalue weighted by Crippen LogP contribution is 2.26. The van der Waals surface area contributed by atoms with Crippen LogP contribution in [-0.4, -0.2) is 41.1 Å². The van der Waals surface area contributed by atoms with Crippen LogP contribution >= 0.6 is 0 Å². The van der Waals surface area contributed by atoms with Crippen molar-refractivity contribution >= 4 is 28.8 Å². The van der Waals surface area contributed by atoms with Crippen molar-refractivity contribution < 1.29 is 24.2 Å². The predicted molar refractivity (Wildman–Crippen MR) is 106 cm³/mol. The van der Waals surface area contributed by atoms with Gasteiger partial charge in [0.15, 0.2) is 6.10 Å². The van der Waals surface area contributed by atoms with Crippen molar-refractivity contribution in [3.63, 3.8) is 0 Å². The average molecular weight is 393 g/mol. The third-order valence-corrected chi connectivity index (χ3v) is 4.22. The number of aromatic hydroxyl groups is 1. The lowest BCUT2D eigenvalue weighted by Gasteiger charge is -2.14. The molecule has 29 heavy (non-hydrogen) atoms. The summed E-state index contributed by atoms with van der Waals surface area (Å²) in [5, 5.41) is 14.4. The number of hydrogen-bond acceptors (Lipinski definition) is 6. The van der Waals surface area contributed by atoms with E-state index in [1.165, 1.54) is 26.1 Å². The van der Waals surface area contributed by atoms with E-state index >= 15 is 0 Å². The van der Waals surface area contributed by atoms with Crippen molar-refractivity contribution in [3.8, 4) is 17.0 Å². The fourth-order valence-corrected chi connectivity index (χ4v) is 2.68. The number of para-hydroxylation sites is 1. The third-order valence-electron chi connectivity index (χ3n) is 4.22. The maximum absolute atomic E-state index is 12.8. The number of phenolic OH excluding ortho intramolecular Hbond substituents is 1. The number of urea groups is 1. The highest BCUT2D eigenvalue weighted by Gasteiger charge is 2.22. The zero-order chi connectivity index (χ0) is 21.0. The minimum absolute atomic E-state index is 0.116. The number of pyridine rings is 1. The first-order valence-electron chi connectivity index (χ1n) is 8.82. The Labute approximate surface area is 166 Å². The number of fused-ring (bicyclic) bond motifs is 1. The van der Waals surface area contributed by atoms with Crippen LogP contribution in [0.4, 0.5) is 4.79 Å². The van der Waals surface area contributed by atoms with E-state index in [1.807, 2.05) is 0 Å². The van der Waals surface area contributed by atoms with E-state index < -0.39 is 24.0 Å². The number of aromatic nitrogens is 1. The number of carbonyl (C=O) groups excluding carboxylic acids is 3. The molecule has 8 nitrogen and oxygen atoms in total. The smallest absolute Gasteiger partial charge is 0.339 e. The van der Waals surface area contributed by atoms with Crippen LogP contribution in [0.15, 0.2) is 54.6 Å². The van der Waals surface area contributed by atoms with Crippen molar-refractivity contribution in [2.24, 2.45) is 0 Å². The van der Waals surface area contributed by atoms with E-state index in [4.69, 9.17) is 4.74 Å². The number of hydrogen-bond donors (Lipinski definition) is 3. The van der Waals surface area contributed by atoms with Crippen LogP contribution in [0.5, 0.6) is 5.75 Å². The normalized spacial score (nSPS) is 11.5. The maximum Gasteiger partial charge on any atom is 0.339 e. The molecule has 3 aromatic rings. The first-order valence-corrected chi connectivity index (χ1v) is 8.82. The molecule has 0 radical (unpaired) electrons. The first kappa shape index (κ1) is 19.8. The van der Waals surface area contributed by atoms with Gasteiger partial charge in [-0.2, -0.15) is 0 Å². The van der Waals surface area contributed by atoms with Gasteiger partial charge in [0.1, 0.15) is 5.75 Å². The molecule has 1 heterocycles. The highest BCUT2D eigenvalue weighted by molar-refractivity contribution is 6.06. The molecule has 1 aromatic heterocycles. The molecule has 0 aliphatic carbocycles. The standard InChI is InChI=1S/C21H19N3O5/c1-12(19(26)24-21(28)22-2)29-20(27)16-11-18(13-7-9-14(25)10-8-13)23-17-6-4-3-5-15(16)17/h3-12,25H,1-2H3,(H2,22,24,26,28)/t12-/m0/s1. The molecule has 0 aliphatic heterocycles. The van der Waals surface area contributed by atoms with Crippen LogP contribution in [0.3, 0.4) is 0 Å². The molecule has 148 valence electrons. The minimum Gasteiger partial charge on any atom is -0.508 e. The lowest BCUT2D eigenvalue weighted by molar-refractivity contribution is -0.127. The van der Waals surface area contributed by atoms with Gasteiger partial charge in [-0.25, -0.2) is 14.6 Å². The maximum atomic E-state index is 12.8. The summed E-state index contributed by atoms with van der Waals surface area (Å²) in [7, 11) is 1.37. The Morgan fingerprint density at radius 2 is 1.76 bits per heavy atom. The summed E-state index contributed by atoms with van der Waals surface area (Å²) in [6.45, 7) is 1.38. The van der Waals surface area contributed by atoms with E-state index in [1.54, 1.807) is 42.5 Å². The van der Waals surface area contributed by atoms with Crippen LogP contribution in [0.1, 0.15) is 17.3 Å². The van der Waals surface area contributed by atoms with Gasteiger partial charge in [-0.05, 0) is 43.3 Å². The van der Waals surface area contributed by atoms with Gasteiger partial charge in [0.25, 0.3) is 5.91 Å². The molecule has 0 aliphatic rings.